The fourth-order valence-corrected chi connectivity index (χ4v) is 4.34. The van der Waals surface area contributed by atoms with E-state index in [1.54, 1.807) is 24.3 Å². The third kappa shape index (κ3) is 1.93. The van der Waals surface area contributed by atoms with Crippen LogP contribution in [0.15, 0.2) is 46.9 Å². The van der Waals surface area contributed by atoms with E-state index in [0.717, 1.165) is 5.56 Å². The van der Waals surface area contributed by atoms with Crippen LogP contribution in [0.2, 0.25) is 0 Å². The van der Waals surface area contributed by atoms with E-state index in [4.69, 9.17) is 0 Å². The fourth-order valence-electron chi connectivity index (χ4n) is 3.68. The molecule has 0 spiro atoms. The number of hydrogen-bond acceptors (Lipinski definition) is 3. The molecule has 1 amide bonds. The zero-order valence-corrected chi connectivity index (χ0v) is 13.8. The summed E-state index contributed by atoms with van der Waals surface area (Å²) in [6.07, 6.45) is 1.11. The van der Waals surface area contributed by atoms with Crippen molar-refractivity contribution < 1.29 is 14.7 Å². The van der Waals surface area contributed by atoms with Crippen LogP contribution < -0.4 is 5.32 Å². The molecule has 1 aliphatic carbocycles. The van der Waals surface area contributed by atoms with Crippen LogP contribution in [0.25, 0.3) is 0 Å². The molecule has 2 aromatic rings. The molecule has 2 unspecified atom stereocenters. The Morgan fingerprint density at radius 3 is 2.74 bits per heavy atom. The van der Waals surface area contributed by atoms with Crippen molar-refractivity contribution in [2.24, 2.45) is 5.92 Å². The first-order chi connectivity index (χ1) is 11.0. The summed E-state index contributed by atoms with van der Waals surface area (Å²) in [5.74, 6) is -1.48. The van der Waals surface area contributed by atoms with Crippen LogP contribution in [0.1, 0.15) is 27.9 Å². The summed E-state index contributed by atoms with van der Waals surface area (Å²) in [5.41, 5.74) is 0.759. The molecule has 116 valence electrons. The lowest BCUT2D eigenvalue weighted by Gasteiger charge is -2.33. The zero-order valence-electron chi connectivity index (χ0n) is 12.2. The highest BCUT2D eigenvalue weighted by atomic mass is 79.9. The largest absolute Gasteiger partial charge is 0.375 e. The second kappa shape index (κ2) is 5.01. The van der Waals surface area contributed by atoms with E-state index < -0.39 is 17.4 Å². The molecule has 4 nitrogen and oxygen atoms in total. The molecule has 0 bridgehead atoms. The van der Waals surface area contributed by atoms with E-state index in [1.807, 2.05) is 18.2 Å². The van der Waals surface area contributed by atoms with E-state index in [0.29, 0.717) is 34.1 Å². The van der Waals surface area contributed by atoms with E-state index in [2.05, 4.69) is 21.2 Å². The Bertz CT molecular complexity index is 848. The number of amides is 1. The maximum atomic E-state index is 12.9. The predicted octanol–water partition coefficient (Wildman–Crippen LogP) is 3.03. The number of nitrogens with one attached hydrogen (secondary N) is 1. The highest BCUT2D eigenvalue weighted by Gasteiger charge is 2.55. The van der Waals surface area contributed by atoms with E-state index >= 15 is 0 Å². The van der Waals surface area contributed by atoms with Gasteiger partial charge < -0.3 is 10.4 Å². The average molecular weight is 372 g/mol. The minimum absolute atomic E-state index is 0.173. The number of hydrogen-bond donors (Lipinski definition) is 2. The van der Waals surface area contributed by atoms with E-state index in [1.165, 1.54) is 0 Å². The molecule has 0 radical (unpaired) electrons. The Morgan fingerprint density at radius 2 is 1.91 bits per heavy atom. The van der Waals surface area contributed by atoms with E-state index in [9.17, 15) is 14.7 Å². The third-order valence-electron chi connectivity index (χ3n) is 4.80. The molecule has 2 N–H and O–H groups in total. The van der Waals surface area contributed by atoms with Gasteiger partial charge in [-0.05, 0) is 30.5 Å². The molecule has 2 atom stereocenters. The molecule has 2 aliphatic rings. The van der Waals surface area contributed by atoms with Crippen molar-refractivity contribution in [1.82, 2.24) is 0 Å². The Hall–Kier alpha value is -1.98. The Kier molecular flexibility index (Phi) is 3.18. The minimum atomic E-state index is -1.83. The standard InChI is InChI=1S/C18H14BrNO3/c19-13-6-3-7-14-15(13)18(23,17(22)20-14)12-9-8-10-4-1-2-5-11(10)16(12)21/h1-7,12,23H,8-9H2,(H,20,22). The van der Waals surface area contributed by atoms with Crippen LogP contribution in [-0.4, -0.2) is 16.8 Å². The van der Waals surface area contributed by atoms with Gasteiger partial charge in [0.15, 0.2) is 11.4 Å². The van der Waals surface area contributed by atoms with Gasteiger partial charge in [0.1, 0.15) is 0 Å². The van der Waals surface area contributed by atoms with Gasteiger partial charge >= 0.3 is 0 Å². The summed E-state index contributed by atoms with van der Waals surface area (Å²) < 4.78 is 0.627. The number of ketones is 1. The molecule has 2 aromatic carbocycles. The van der Waals surface area contributed by atoms with Gasteiger partial charge in [0.2, 0.25) is 0 Å². The molecule has 0 fully saturated rings. The molecule has 0 saturated heterocycles. The van der Waals surface area contributed by atoms with E-state index in [-0.39, 0.29) is 5.78 Å². The summed E-state index contributed by atoms with van der Waals surface area (Å²) >= 11 is 3.41. The normalized spacial score (nSPS) is 25.7. The summed E-state index contributed by atoms with van der Waals surface area (Å²) in [5, 5.41) is 14.0. The molecule has 4 rings (SSSR count). The number of aryl methyl sites for hydroxylation is 1. The van der Waals surface area contributed by atoms with Crippen LogP contribution >= 0.6 is 15.9 Å². The molecule has 0 aromatic heterocycles. The monoisotopic (exact) mass is 371 g/mol. The molecule has 23 heavy (non-hydrogen) atoms. The van der Waals surface area contributed by atoms with Crippen LogP contribution in [0.3, 0.4) is 0 Å². The van der Waals surface area contributed by atoms with Gasteiger partial charge in [0.25, 0.3) is 5.91 Å². The number of anilines is 1. The van der Waals surface area contributed by atoms with Crippen LogP contribution in [0.4, 0.5) is 5.69 Å². The van der Waals surface area contributed by atoms with Crippen molar-refractivity contribution in [2.75, 3.05) is 5.32 Å². The second-order valence-electron chi connectivity index (χ2n) is 6.00. The van der Waals surface area contributed by atoms with Gasteiger partial charge in [-0.15, -0.1) is 0 Å². The lowest BCUT2D eigenvalue weighted by molar-refractivity contribution is -0.138. The predicted molar refractivity (Wildman–Crippen MR) is 89.3 cm³/mol. The number of Topliss-reactive ketones (excluding diaryl/α,β-unsaturated/α-hetero) is 1. The lowest BCUT2D eigenvalue weighted by atomic mass is 9.71. The van der Waals surface area contributed by atoms with Gasteiger partial charge in [-0.2, -0.15) is 0 Å². The second-order valence-corrected chi connectivity index (χ2v) is 6.85. The van der Waals surface area contributed by atoms with Crippen molar-refractivity contribution in [3.8, 4) is 0 Å². The van der Waals surface area contributed by atoms with Gasteiger partial charge in [-0.25, -0.2) is 0 Å². The number of rotatable bonds is 1. The first-order valence-electron chi connectivity index (χ1n) is 7.48. The summed E-state index contributed by atoms with van der Waals surface area (Å²) in [7, 11) is 0. The fraction of sp³-hybridized carbons (Fsp3) is 0.222. The Morgan fingerprint density at radius 1 is 1.13 bits per heavy atom. The molecule has 0 saturated carbocycles. The quantitative estimate of drug-likeness (QED) is 0.809. The first-order valence-corrected chi connectivity index (χ1v) is 8.27. The molecule has 1 heterocycles. The summed E-state index contributed by atoms with van der Waals surface area (Å²) in [4.78, 5) is 25.4. The van der Waals surface area contributed by atoms with Gasteiger partial charge in [-0.3, -0.25) is 9.59 Å². The topological polar surface area (TPSA) is 66.4 Å². The summed E-state index contributed by atoms with van der Waals surface area (Å²) in [6.45, 7) is 0. The zero-order chi connectivity index (χ0) is 16.2. The van der Waals surface area contributed by atoms with Crippen LogP contribution in [0.5, 0.6) is 0 Å². The van der Waals surface area contributed by atoms with Crippen molar-refractivity contribution in [2.45, 2.75) is 18.4 Å². The number of halogens is 1. The Balaban J connectivity index is 1.86. The summed E-state index contributed by atoms with van der Waals surface area (Å²) in [6, 6.07) is 12.7. The molecule has 5 heteroatoms. The third-order valence-corrected chi connectivity index (χ3v) is 5.46. The van der Waals surface area contributed by atoms with Crippen LogP contribution in [0, 0.1) is 5.92 Å². The maximum absolute atomic E-state index is 12.9. The van der Waals surface area contributed by atoms with Gasteiger partial charge in [-0.1, -0.05) is 46.3 Å². The van der Waals surface area contributed by atoms with Crippen molar-refractivity contribution in [3.63, 3.8) is 0 Å². The molecule has 1 aliphatic heterocycles. The smallest absolute Gasteiger partial charge is 0.261 e. The van der Waals surface area contributed by atoms with Crippen molar-refractivity contribution in [3.05, 3.63) is 63.6 Å². The number of aliphatic hydroxyl groups is 1. The number of benzene rings is 2. The minimum Gasteiger partial charge on any atom is -0.375 e. The lowest BCUT2D eigenvalue weighted by Crippen LogP contribution is -2.47. The molecular weight excluding hydrogens is 358 g/mol. The average Bonchev–Trinajstić information content (AvgIpc) is 2.81. The highest BCUT2D eigenvalue weighted by Crippen LogP contribution is 2.48. The molecular formula is C18H14BrNO3. The van der Waals surface area contributed by atoms with Gasteiger partial charge in [0, 0.05) is 21.3 Å². The van der Waals surface area contributed by atoms with Crippen LogP contribution in [-0.2, 0) is 16.8 Å². The maximum Gasteiger partial charge on any atom is 0.261 e. The van der Waals surface area contributed by atoms with Gasteiger partial charge in [0.05, 0.1) is 5.92 Å². The number of fused-ring (bicyclic) bond motifs is 2. The van der Waals surface area contributed by atoms with Crippen molar-refractivity contribution in [1.29, 1.82) is 0 Å². The van der Waals surface area contributed by atoms with Crippen molar-refractivity contribution >= 4 is 33.3 Å². The highest BCUT2D eigenvalue weighted by molar-refractivity contribution is 9.10. The number of carbonyl (C=O) groups is 2. The first kappa shape index (κ1) is 14.6. The Labute approximate surface area is 141 Å². The SMILES string of the molecule is O=C1c2ccccc2CCC1C1(O)C(=O)Nc2cccc(Br)c21. The number of carbonyl (C=O) groups excluding carboxylic acids is 2.